The lowest BCUT2D eigenvalue weighted by Gasteiger charge is -2.11. The Bertz CT molecular complexity index is 957. The zero-order chi connectivity index (χ0) is 15.9. The van der Waals surface area contributed by atoms with E-state index in [0.29, 0.717) is 5.69 Å². The van der Waals surface area contributed by atoms with Crippen LogP contribution in [-0.2, 0) is 9.71 Å². The predicted octanol–water partition coefficient (Wildman–Crippen LogP) is 2.71. The van der Waals surface area contributed by atoms with E-state index in [1.165, 1.54) is 0 Å². The standard InChI is InChI=1S/C16H18N4OS/c1-11-10-12(2)20(18-11)15-9-8-13-6-5-7-14(16(13)17-15)19-22(3,4)21/h5-10H,3H2,1-2,4H3,(H,19,21). The van der Waals surface area contributed by atoms with E-state index in [4.69, 9.17) is 0 Å². The minimum atomic E-state index is -2.36. The Morgan fingerprint density at radius 2 is 2.00 bits per heavy atom. The molecule has 0 radical (unpaired) electrons. The van der Waals surface area contributed by atoms with Crippen LogP contribution in [0.2, 0.25) is 0 Å². The molecule has 2 aromatic heterocycles. The van der Waals surface area contributed by atoms with Crippen LogP contribution in [0, 0.1) is 13.8 Å². The van der Waals surface area contributed by atoms with E-state index in [-0.39, 0.29) is 0 Å². The quantitative estimate of drug-likeness (QED) is 0.756. The van der Waals surface area contributed by atoms with Crippen LogP contribution in [0.4, 0.5) is 5.69 Å². The fourth-order valence-electron chi connectivity index (χ4n) is 2.43. The molecular weight excluding hydrogens is 296 g/mol. The lowest BCUT2D eigenvalue weighted by molar-refractivity contribution is 0.688. The third-order valence-corrected chi connectivity index (χ3v) is 3.91. The molecule has 0 aliphatic heterocycles. The Labute approximate surface area is 130 Å². The van der Waals surface area contributed by atoms with Gasteiger partial charge in [0.15, 0.2) is 5.82 Å². The molecule has 1 atom stereocenters. The number of nitrogens with one attached hydrogen (secondary N) is 1. The van der Waals surface area contributed by atoms with E-state index in [2.05, 4.69) is 20.7 Å². The van der Waals surface area contributed by atoms with Gasteiger partial charge in [0, 0.05) is 27.0 Å². The zero-order valence-electron chi connectivity index (χ0n) is 12.8. The van der Waals surface area contributed by atoms with Gasteiger partial charge in [0.05, 0.1) is 16.9 Å². The molecule has 0 fully saturated rings. The number of hydrogen-bond donors (Lipinski definition) is 1. The van der Waals surface area contributed by atoms with Gasteiger partial charge < -0.3 is 4.72 Å². The first-order chi connectivity index (χ1) is 10.3. The van der Waals surface area contributed by atoms with E-state index >= 15 is 0 Å². The smallest absolute Gasteiger partial charge is 0.154 e. The Balaban J connectivity index is 2.20. The summed E-state index contributed by atoms with van der Waals surface area (Å²) in [4.78, 5) is 4.69. The average molecular weight is 314 g/mol. The number of hydrogen-bond acceptors (Lipinski definition) is 3. The van der Waals surface area contributed by atoms with Crippen molar-refractivity contribution < 1.29 is 4.21 Å². The third kappa shape index (κ3) is 2.82. The molecular formula is C16H18N4OS. The Morgan fingerprint density at radius 1 is 1.23 bits per heavy atom. The molecule has 1 unspecified atom stereocenters. The van der Waals surface area contributed by atoms with Crippen molar-refractivity contribution in [3.8, 4) is 5.82 Å². The molecule has 5 nitrogen and oxygen atoms in total. The summed E-state index contributed by atoms with van der Waals surface area (Å²) in [7, 11) is -2.36. The maximum Gasteiger partial charge on any atom is 0.154 e. The lowest BCUT2D eigenvalue weighted by atomic mass is 10.2. The highest BCUT2D eigenvalue weighted by Gasteiger charge is 2.09. The maximum absolute atomic E-state index is 11.9. The zero-order valence-corrected chi connectivity index (χ0v) is 13.6. The van der Waals surface area contributed by atoms with E-state index < -0.39 is 9.71 Å². The second kappa shape index (κ2) is 5.14. The van der Waals surface area contributed by atoms with Gasteiger partial charge in [-0.15, -0.1) is 0 Å². The SMILES string of the molecule is C=S(C)(=O)Nc1cccc2ccc(-n3nc(C)cc3C)nc12. The Hall–Kier alpha value is -2.34. The molecule has 3 aromatic rings. The highest BCUT2D eigenvalue weighted by Crippen LogP contribution is 2.24. The first kappa shape index (κ1) is 14.6. The summed E-state index contributed by atoms with van der Waals surface area (Å²) in [5, 5.41) is 5.43. The molecule has 3 rings (SSSR count). The topological polar surface area (TPSA) is 59.8 Å². The van der Waals surface area contributed by atoms with Gasteiger partial charge in [-0.25, -0.2) is 13.9 Å². The summed E-state index contributed by atoms with van der Waals surface area (Å²) in [6, 6.07) is 11.7. The van der Waals surface area contributed by atoms with Crippen LogP contribution in [-0.4, -0.2) is 31.1 Å². The summed E-state index contributed by atoms with van der Waals surface area (Å²) in [5.41, 5.74) is 3.43. The minimum Gasteiger partial charge on any atom is -0.311 e. The number of aryl methyl sites for hydroxylation is 2. The molecule has 114 valence electrons. The van der Waals surface area contributed by atoms with Gasteiger partial charge in [0.2, 0.25) is 0 Å². The van der Waals surface area contributed by atoms with Crippen LogP contribution in [0.5, 0.6) is 0 Å². The largest absolute Gasteiger partial charge is 0.311 e. The van der Waals surface area contributed by atoms with Crippen LogP contribution in [0.15, 0.2) is 36.4 Å². The number of aromatic nitrogens is 3. The minimum absolute atomic E-state index is 0.711. The molecule has 0 aliphatic carbocycles. The molecule has 6 heteroatoms. The summed E-state index contributed by atoms with van der Waals surface area (Å²) < 4.78 is 16.7. The number of nitrogens with zero attached hydrogens (tertiary/aromatic N) is 3. The highest BCUT2D eigenvalue weighted by molar-refractivity contribution is 8.00. The van der Waals surface area contributed by atoms with E-state index in [0.717, 1.165) is 28.1 Å². The number of pyridine rings is 1. The molecule has 1 N–H and O–H groups in total. The van der Waals surface area contributed by atoms with Gasteiger partial charge >= 0.3 is 0 Å². The summed E-state index contributed by atoms with van der Waals surface area (Å²) >= 11 is 0. The number of para-hydroxylation sites is 1. The van der Waals surface area contributed by atoms with Crippen LogP contribution < -0.4 is 4.72 Å². The molecule has 0 aliphatic rings. The van der Waals surface area contributed by atoms with Gasteiger partial charge in [-0.3, -0.25) is 0 Å². The van der Waals surface area contributed by atoms with Gasteiger partial charge in [-0.05, 0) is 44.0 Å². The predicted molar refractivity (Wildman–Crippen MR) is 93.1 cm³/mol. The molecule has 0 bridgehead atoms. The number of anilines is 1. The molecule has 0 saturated carbocycles. The molecule has 2 heterocycles. The summed E-state index contributed by atoms with van der Waals surface area (Å²) in [6.07, 6.45) is 1.57. The summed E-state index contributed by atoms with van der Waals surface area (Å²) in [5.74, 6) is 4.38. The first-order valence-electron chi connectivity index (χ1n) is 6.87. The molecule has 22 heavy (non-hydrogen) atoms. The van der Waals surface area contributed by atoms with E-state index in [9.17, 15) is 4.21 Å². The molecule has 0 saturated heterocycles. The van der Waals surface area contributed by atoms with Gasteiger partial charge in [-0.1, -0.05) is 12.1 Å². The van der Waals surface area contributed by atoms with E-state index in [1.807, 2.05) is 50.2 Å². The van der Waals surface area contributed by atoms with Crippen molar-refractivity contribution in [2.45, 2.75) is 13.8 Å². The monoisotopic (exact) mass is 314 g/mol. The van der Waals surface area contributed by atoms with Crippen molar-refractivity contribution in [1.29, 1.82) is 0 Å². The fraction of sp³-hybridized carbons (Fsp3) is 0.188. The maximum atomic E-state index is 11.9. The van der Waals surface area contributed by atoms with E-state index in [1.54, 1.807) is 10.9 Å². The third-order valence-electron chi connectivity index (χ3n) is 3.26. The van der Waals surface area contributed by atoms with Crippen molar-refractivity contribution in [2.75, 3.05) is 11.0 Å². The van der Waals surface area contributed by atoms with Gasteiger partial charge in [0.1, 0.15) is 0 Å². The van der Waals surface area contributed by atoms with Crippen molar-refractivity contribution >= 4 is 32.2 Å². The summed E-state index contributed by atoms with van der Waals surface area (Å²) in [6.45, 7) is 3.94. The van der Waals surface area contributed by atoms with Gasteiger partial charge in [-0.2, -0.15) is 5.10 Å². The normalized spacial score (nSPS) is 14.0. The first-order valence-corrected chi connectivity index (χ1v) is 9.00. The second-order valence-corrected chi connectivity index (χ2v) is 7.71. The van der Waals surface area contributed by atoms with Crippen LogP contribution >= 0.6 is 0 Å². The number of benzene rings is 1. The van der Waals surface area contributed by atoms with Crippen molar-refractivity contribution in [3.05, 3.63) is 47.8 Å². The molecule has 0 spiro atoms. The lowest BCUT2D eigenvalue weighted by Crippen LogP contribution is -2.10. The average Bonchev–Trinajstić information content (AvgIpc) is 2.76. The van der Waals surface area contributed by atoms with Gasteiger partial charge in [0.25, 0.3) is 0 Å². The molecule has 0 amide bonds. The van der Waals surface area contributed by atoms with Crippen molar-refractivity contribution in [3.63, 3.8) is 0 Å². The van der Waals surface area contributed by atoms with Crippen LogP contribution in [0.25, 0.3) is 16.7 Å². The van der Waals surface area contributed by atoms with Crippen LogP contribution in [0.1, 0.15) is 11.4 Å². The van der Waals surface area contributed by atoms with Crippen molar-refractivity contribution in [1.82, 2.24) is 14.8 Å². The number of fused-ring (bicyclic) bond motifs is 1. The number of rotatable bonds is 3. The van der Waals surface area contributed by atoms with Crippen molar-refractivity contribution in [2.24, 2.45) is 0 Å². The second-order valence-electron chi connectivity index (χ2n) is 5.49. The highest BCUT2D eigenvalue weighted by atomic mass is 32.2. The fourth-order valence-corrected chi connectivity index (χ4v) is 3.06. The Morgan fingerprint density at radius 3 is 2.64 bits per heavy atom. The Kier molecular flexibility index (Phi) is 3.41. The molecule has 1 aromatic carbocycles. The van der Waals surface area contributed by atoms with Crippen LogP contribution in [0.3, 0.4) is 0 Å².